The summed E-state index contributed by atoms with van der Waals surface area (Å²) in [6.07, 6.45) is 0. The summed E-state index contributed by atoms with van der Waals surface area (Å²) in [4.78, 5) is 0. The van der Waals surface area contributed by atoms with Crippen LogP contribution in [0.1, 0.15) is 13.8 Å². The van der Waals surface area contributed by atoms with Gasteiger partial charge in [-0.2, -0.15) is 0 Å². The molecule has 0 fully saturated rings. The molecule has 0 aliphatic carbocycles. The number of hydrogen-bond donors (Lipinski definition) is 2. The molecule has 0 saturated carbocycles. The number of rotatable bonds is 3. The van der Waals surface area contributed by atoms with E-state index in [1.165, 1.54) is 0 Å². The molecule has 13 heavy (non-hydrogen) atoms. The number of nitrogen functional groups attached to an aromatic ring is 1. The fourth-order valence-corrected chi connectivity index (χ4v) is 0.542. The zero-order valence-electron chi connectivity index (χ0n) is 7.48. The first-order valence-electron chi connectivity index (χ1n) is 3.49. The van der Waals surface area contributed by atoms with Gasteiger partial charge in [0, 0.05) is 5.54 Å². The first-order valence-corrected chi connectivity index (χ1v) is 3.49. The highest BCUT2D eigenvalue weighted by Crippen LogP contribution is 2.14. The fraction of sp³-hybridized carbons (Fsp3) is 0.667. The Hall–Kier alpha value is -1.01. The molecular weight excluding hydrogens is 196 g/mol. The highest BCUT2D eigenvalue weighted by Gasteiger charge is 2.14. The van der Waals surface area contributed by atoms with Gasteiger partial charge in [-0.05, 0) is 24.2 Å². The van der Waals surface area contributed by atoms with Crippen molar-refractivity contribution in [3.05, 3.63) is 0 Å². The number of ether oxygens (including phenoxy) is 1. The Kier molecular flexibility index (Phi) is 3.96. The number of anilines is 1. The van der Waals surface area contributed by atoms with E-state index in [2.05, 4.69) is 14.9 Å². The van der Waals surface area contributed by atoms with Gasteiger partial charge in [0.05, 0.1) is 0 Å². The minimum Gasteiger partial charge on any atom is -0.471 e. The summed E-state index contributed by atoms with van der Waals surface area (Å²) in [5, 5.41) is 6.77. The van der Waals surface area contributed by atoms with E-state index in [1.807, 2.05) is 13.8 Å². The maximum absolute atomic E-state index is 5.66. The van der Waals surface area contributed by atoms with E-state index in [1.54, 1.807) is 0 Å². The molecule has 0 atom stereocenters. The van der Waals surface area contributed by atoms with Crippen LogP contribution in [0.5, 0.6) is 5.88 Å². The van der Waals surface area contributed by atoms with E-state index in [9.17, 15) is 0 Å². The van der Waals surface area contributed by atoms with E-state index in [0.29, 0.717) is 6.61 Å². The van der Waals surface area contributed by atoms with Gasteiger partial charge in [0.1, 0.15) is 6.61 Å². The van der Waals surface area contributed by atoms with Gasteiger partial charge >= 0.3 is 0 Å². The molecule has 0 amide bonds. The van der Waals surface area contributed by atoms with Gasteiger partial charge in [-0.1, -0.05) is 0 Å². The van der Waals surface area contributed by atoms with Crippen molar-refractivity contribution in [1.82, 2.24) is 10.3 Å². The highest BCUT2D eigenvalue weighted by molar-refractivity contribution is 5.85. The topological polar surface area (TPSA) is 100 Å². The second-order valence-corrected chi connectivity index (χ2v) is 3.23. The third-order valence-corrected chi connectivity index (χ3v) is 1.06. The number of hydrogen-bond acceptors (Lipinski definition) is 6. The Labute approximate surface area is 82.0 Å². The Bertz CT molecular complexity index is 257. The molecule has 0 aliphatic rings. The van der Waals surface area contributed by atoms with Crippen LogP contribution >= 0.6 is 12.4 Å². The second kappa shape index (κ2) is 4.29. The molecule has 0 aromatic carbocycles. The third kappa shape index (κ3) is 3.95. The predicted molar refractivity (Wildman–Crippen MR) is 49.7 cm³/mol. The van der Waals surface area contributed by atoms with Crippen LogP contribution in [0.25, 0.3) is 0 Å². The molecule has 1 heterocycles. The molecule has 0 aliphatic heterocycles. The summed E-state index contributed by atoms with van der Waals surface area (Å²) in [5.41, 5.74) is 10.6. The Morgan fingerprint density at radius 2 is 2.08 bits per heavy atom. The molecule has 0 bridgehead atoms. The molecule has 1 aromatic rings. The van der Waals surface area contributed by atoms with Crippen molar-refractivity contribution in [3.8, 4) is 5.88 Å². The van der Waals surface area contributed by atoms with Gasteiger partial charge in [0.15, 0.2) is 0 Å². The Morgan fingerprint density at radius 1 is 1.46 bits per heavy atom. The molecular formula is C6H13ClN4O2. The van der Waals surface area contributed by atoms with Gasteiger partial charge in [-0.3, -0.25) is 0 Å². The van der Waals surface area contributed by atoms with Gasteiger partial charge < -0.3 is 16.2 Å². The summed E-state index contributed by atoms with van der Waals surface area (Å²) in [5.74, 6) is 0.327. The summed E-state index contributed by atoms with van der Waals surface area (Å²) in [7, 11) is 0. The Balaban J connectivity index is 0.00000144. The molecule has 0 saturated heterocycles. The number of nitrogens with zero attached hydrogens (tertiary/aromatic N) is 2. The standard InChI is InChI=1S/C6H12N4O2.ClH/c1-6(2,8)3-11-5-4(7)9-12-10-5;/h3,8H2,1-2H3,(H2,7,9);1H. The third-order valence-electron chi connectivity index (χ3n) is 1.06. The van der Waals surface area contributed by atoms with Crippen molar-refractivity contribution in [1.29, 1.82) is 0 Å². The zero-order valence-corrected chi connectivity index (χ0v) is 8.30. The molecule has 0 radical (unpaired) electrons. The monoisotopic (exact) mass is 208 g/mol. The first kappa shape index (κ1) is 12.0. The van der Waals surface area contributed by atoms with Crippen molar-refractivity contribution in [3.63, 3.8) is 0 Å². The summed E-state index contributed by atoms with van der Waals surface area (Å²) in [6.45, 7) is 3.97. The van der Waals surface area contributed by atoms with E-state index in [4.69, 9.17) is 16.2 Å². The average molecular weight is 209 g/mol. The van der Waals surface area contributed by atoms with Gasteiger partial charge in [0.2, 0.25) is 5.82 Å². The summed E-state index contributed by atoms with van der Waals surface area (Å²) >= 11 is 0. The smallest absolute Gasteiger partial charge is 0.300 e. The maximum Gasteiger partial charge on any atom is 0.300 e. The van der Waals surface area contributed by atoms with Crippen LogP contribution in [-0.4, -0.2) is 22.5 Å². The van der Waals surface area contributed by atoms with Gasteiger partial charge in [-0.15, -0.1) is 12.4 Å². The lowest BCUT2D eigenvalue weighted by molar-refractivity contribution is 0.215. The van der Waals surface area contributed by atoms with Crippen molar-refractivity contribution in [2.45, 2.75) is 19.4 Å². The molecule has 76 valence electrons. The van der Waals surface area contributed by atoms with E-state index in [0.717, 1.165) is 0 Å². The van der Waals surface area contributed by atoms with E-state index >= 15 is 0 Å². The van der Waals surface area contributed by atoms with Crippen LogP contribution in [0.3, 0.4) is 0 Å². The Morgan fingerprint density at radius 3 is 2.46 bits per heavy atom. The van der Waals surface area contributed by atoms with Crippen LogP contribution in [0.2, 0.25) is 0 Å². The molecule has 0 spiro atoms. The van der Waals surface area contributed by atoms with Crippen LogP contribution in [0, 0.1) is 0 Å². The minimum absolute atomic E-state index is 0. The largest absolute Gasteiger partial charge is 0.471 e. The molecule has 7 heteroatoms. The predicted octanol–water partition coefficient (Wildman–Crippen LogP) is 0.190. The molecule has 4 N–H and O–H groups in total. The normalized spacial score (nSPS) is 10.7. The number of nitrogens with two attached hydrogens (primary N) is 2. The number of halogens is 1. The molecule has 6 nitrogen and oxygen atoms in total. The highest BCUT2D eigenvalue weighted by atomic mass is 35.5. The van der Waals surface area contributed by atoms with Crippen LogP contribution in [-0.2, 0) is 0 Å². The summed E-state index contributed by atoms with van der Waals surface area (Å²) in [6, 6.07) is 0. The lowest BCUT2D eigenvalue weighted by atomic mass is 10.1. The summed E-state index contributed by atoms with van der Waals surface area (Å²) < 4.78 is 9.44. The van der Waals surface area contributed by atoms with Crippen molar-refractivity contribution < 1.29 is 9.37 Å². The molecule has 0 unspecified atom stereocenters. The maximum atomic E-state index is 5.66. The van der Waals surface area contributed by atoms with Crippen LogP contribution < -0.4 is 16.2 Å². The fourth-order valence-electron chi connectivity index (χ4n) is 0.542. The van der Waals surface area contributed by atoms with Crippen molar-refractivity contribution in [2.24, 2.45) is 5.73 Å². The van der Waals surface area contributed by atoms with Crippen LogP contribution in [0.4, 0.5) is 5.82 Å². The van der Waals surface area contributed by atoms with Crippen molar-refractivity contribution in [2.75, 3.05) is 12.3 Å². The van der Waals surface area contributed by atoms with E-state index in [-0.39, 0.29) is 24.1 Å². The van der Waals surface area contributed by atoms with Gasteiger partial charge in [0.25, 0.3) is 5.88 Å². The van der Waals surface area contributed by atoms with Gasteiger partial charge in [-0.25, -0.2) is 4.63 Å². The van der Waals surface area contributed by atoms with Crippen molar-refractivity contribution >= 4 is 18.2 Å². The lowest BCUT2D eigenvalue weighted by Gasteiger charge is -2.17. The quantitative estimate of drug-likeness (QED) is 0.736. The number of aromatic nitrogens is 2. The lowest BCUT2D eigenvalue weighted by Crippen LogP contribution is -2.38. The zero-order chi connectivity index (χ0) is 9.19. The average Bonchev–Trinajstić information content (AvgIpc) is 2.29. The second-order valence-electron chi connectivity index (χ2n) is 3.23. The molecule has 1 aromatic heterocycles. The van der Waals surface area contributed by atoms with Crippen LogP contribution in [0.15, 0.2) is 4.63 Å². The van der Waals surface area contributed by atoms with E-state index < -0.39 is 5.54 Å². The minimum atomic E-state index is -0.425. The first-order chi connectivity index (χ1) is 5.49. The SMILES string of the molecule is CC(C)(N)COc1nonc1N.Cl. The molecule has 1 rings (SSSR count).